The lowest BCUT2D eigenvalue weighted by molar-refractivity contribution is 0.433. The number of aromatic nitrogens is 5. The summed E-state index contributed by atoms with van der Waals surface area (Å²) in [5, 5.41) is 10.9. The van der Waals surface area contributed by atoms with Crippen LogP contribution in [0.4, 0.5) is 4.39 Å². The number of rotatable bonds is 4. The van der Waals surface area contributed by atoms with Crippen molar-refractivity contribution >= 4 is 16.9 Å². The highest BCUT2D eigenvalue weighted by Gasteiger charge is 2.24. The molecule has 1 aromatic carbocycles. The minimum atomic E-state index is -0.644. The van der Waals surface area contributed by atoms with Gasteiger partial charge in [0.1, 0.15) is 5.82 Å². The van der Waals surface area contributed by atoms with Crippen LogP contribution in [0.5, 0.6) is 5.88 Å². The van der Waals surface area contributed by atoms with Gasteiger partial charge in [0.15, 0.2) is 11.2 Å². The Balaban J connectivity index is 2.19. The first-order chi connectivity index (χ1) is 14.3. The molecule has 0 aliphatic rings. The molecule has 0 radical (unpaired) electrons. The summed E-state index contributed by atoms with van der Waals surface area (Å²) in [6, 6.07) is 5.79. The van der Waals surface area contributed by atoms with Crippen molar-refractivity contribution in [3.63, 3.8) is 0 Å². The summed E-state index contributed by atoms with van der Waals surface area (Å²) in [5.74, 6) is -0.839. The Morgan fingerprint density at radius 3 is 2.50 bits per heavy atom. The van der Waals surface area contributed by atoms with E-state index in [1.54, 1.807) is 6.07 Å². The number of hydrogen-bond acceptors (Lipinski definition) is 5. The zero-order valence-corrected chi connectivity index (χ0v) is 16.7. The van der Waals surface area contributed by atoms with Gasteiger partial charge in [-0.1, -0.05) is 25.5 Å². The molecule has 3 aromatic heterocycles. The van der Waals surface area contributed by atoms with Crippen LogP contribution in [0.1, 0.15) is 24.5 Å². The molecule has 0 aliphatic carbocycles. The molecule has 4 aromatic rings. The van der Waals surface area contributed by atoms with Gasteiger partial charge in [0.2, 0.25) is 11.7 Å². The third-order valence-corrected chi connectivity index (χ3v) is 5.20. The first-order valence-corrected chi connectivity index (χ1v) is 9.43. The van der Waals surface area contributed by atoms with Crippen molar-refractivity contribution in [2.75, 3.05) is 0 Å². The fraction of sp³-hybridized carbons (Fsp3) is 0.300. The average Bonchev–Trinajstić information content (AvgIpc) is 3.12. The summed E-state index contributed by atoms with van der Waals surface area (Å²) < 4.78 is 18.3. The third kappa shape index (κ3) is 2.75. The molecule has 0 spiro atoms. The number of nitrogens with zero attached hydrogens (tertiary/aromatic N) is 5. The molecule has 3 heterocycles. The van der Waals surface area contributed by atoms with Crippen LogP contribution >= 0.6 is 0 Å². The number of hydrogen-bond donors (Lipinski definition) is 1. The minimum Gasteiger partial charge on any atom is -0.494 e. The molecule has 10 heteroatoms. The molecule has 1 N–H and O–H groups in total. The second kappa shape index (κ2) is 6.97. The van der Waals surface area contributed by atoms with Gasteiger partial charge >= 0.3 is 5.69 Å². The van der Waals surface area contributed by atoms with Crippen LogP contribution in [0.25, 0.3) is 16.9 Å². The molecule has 156 valence electrons. The number of fused-ring (bicyclic) bond motifs is 3. The molecule has 9 nitrogen and oxygen atoms in total. The van der Waals surface area contributed by atoms with E-state index in [0.29, 0.717) is 12.0 Å². The second-order valence-corrected chi connectivity index (χ2v) is 7.20. The summed E-state index contributed by atoms with van der Waals surface area (Å²) in [5.41, 5.74) is -1.05. The van der Waals surface area contributed by atoms with Gasteiger partial charge in [-0.2, -0.15) is 4.98 Å². The van der Waals surface area contributed by atoms with Crippen molar-refractivity contribution in [2.24, 2.45) is 14.1 Å². The van der Waals surface area contributed by atoms with Gasteiger partial charge < -0.3 is 5.11 Å². The van der Waals surface area contributed by atoms with E-state index in [1.807, 2.05) is 6.92 Å². The van der Waals surface area contributed by atoms with Crippen LogP contribution in [0.15, 0.2) is 38.6 Å². The lowest BCUT2D eigenvalue weighted by Crippen LogP contribution is -2.37. The van der Waals surface area contributed by atoms with E-state index >= 15 is 0 Å². The summed E-state index contributed by atoms with van der Waals surface area (Å²) in [7, 11) is 2.78. The number of halogens is 1. The van der Waals surface area contributed by atoms with Crippen LogP contribution in [-0.2, 0) is 27.1 Å². The van der Waals surface area contributed by atoms with Crippen LogP contribution in [0.3, 0.4) is 0 Å². The maximum absolute atomic E-state index is 13.7. The lowest BCUT2D eigenvalue weighted by Gasteiger charge is -2.13. The predicted octanol–water partition coefficient (Wildman–Crippen LogP) is 0.892. The van der Waals surface area contributed by atoms with Gasteiger partial charge in [-0.3, -0.25) is 23.3 Å². The lowest BCUT2D eigenvalue weighted by atomic mass is 10.1. The van der Waals surface area contributed by atoms with Gasteiger partial charge in [0.25, 0.3) is 11.1 Å². The van der Waals surface area contributed by atoms with E-state index in [9.17, 15) is 23.9 Å². The monoisotopic (exact) mass is 413 g/mol. The minimum absolute atomic E-state index is 0.00471. The van der Waals surface area contributed by atoms with E-state index in [2.05, 4.69) is 4.98 Å². The van der Waals surface area contributed by atoms with Crippen LogP contribution in [0.2, 0.25) is 0 Å². The number of aryl methyl sites for hydroxylation is 1. The maximum Gasteiger partial charge on any atom is 0.332 e. The van der Waals surface area contributed by atoms with Crippen LogP contribution in [0, 0.1) is 5.82 Å². The molecule has 0 bridgehead atoms. The number of aromatic hydroxyl groups is 1. The highest BCUT2D eigenvalue weighted by Crippen LogP contribution is 2.22. The fourth-order valence-corrected chi connectivity index (χ4v) is 3.68. The molecular weight excluding hydrogens is 393 g/mol. The molecule has 0 amide bonds. The van der Waals surface area contributed by atoms with E-state index in [1.165, 1.54) is 45.8 Å². The third-order valence-electron chi connectivity index (χ3n) is 5.20. The summed E-state index contributed by atoms with van der Waals surface area (Å²) in [6.45, 7) is 1.84. The summed E-state index contributed by atoms with van der Waals surface area (Å²) in [6.07, 6.45) is 0.854. The van der Waals surface area contributed by atoms with Crippen molar-refractivity contribution in [3.05, 3.63) is 72.4 Å². The average molecular weight is 413 g/mol. The zero-order chi connectivity index (χ0) is 21.7. The van der Waals surface area contributed by atoms with E-state index in [0.717, 1.165) is 4.57 Å². The predicted molar refractivity (Wildman–Crippen MR) is 109 cm³/mol. The second-order valence-electron chi connectivity index (χ2n) is 7.20. The van der Waals surface area contributed by atoms with Gasteiger partial charge in [-0.25, -0.2) is 13.6 Å². The molecule has 4 rings (SSSR count). The van der Waals surface area contributed by atoms with Crippen molar-refractivity contribution < 1.29 is 9.50 Å². The molecule has 30 heavy (non-hydrogen) atoms. The maximum atomic E-state index is 13.7. The Labute approximate surface area is 168 Å². The molecule has 0 saturated heterocycles. The molecule has 0 unspecified atom stereocenters. The highest BCUT2D eigenvalue weighted by molar-refractivity contribution is 5.76. The SMILES string of the molecule is CCCc1c(O)n2c3c(=O)n(C)c(=O)n(C)c3nc2n(Cc2cccc(F)c2)c1=O. The van der Waals surface area contributed by atoms with E-state index in [-0.39, 0.29) is 41.4 Å². The Hall–Kier alpha value is -3.69. The fourth-order valence-electron chi connectivity index (χ4n) is 3.68. The summed E-state index contributed by atoms with van der Waals surface area (Å²) in [4.78, 5) is 42.7. The Kier molecular flexibility index (Phi) is 4.56. The van der Waals surface area contributed by atoms with Crippen molar-refractivity contribution in [1.82, 2.24) is 23.1 Å². The van der Waals surface area contributed by atoms with Gasteiger partial charge in [0, 0.05) is 14.1 Å². The van der Waals surface area contributed by atoms with Crippen molar-refractivity contribution in [1.29, 1.82) is 0 Å². The number of benzene rings is 1. The van der Waals surface area contributed by atoms with Crippen molar-refractivity contribution in [3.8, 4) is 5.88 Å². The molecule has 0 atom stereocenters. The van der Waals surface area contributed by atoms with Gasteiger partial charge in [0.05, 0.1) is 12.1 Å². The van der Waals surface area contributed by atoms with E-state index < -0.39 is 22.6 Å². The Morgan fingerprint density at radius 1 is 1.10 bits per heavy atom. The molecule has 0 fully saturated rings. The first-order valence-electron chi connectivity index (χ1n) is 9.43. The number of imidazole rings is 1. The largest absolute Gasteiger partial charge is 0.494 e. The highest BCUT2D eigenvalue weighted by atomic mass is 19.1. The normalized spacial score (nSPS) is 11.6. The zero-order valence-electron chi connectivity index (χ0n) is 16.7. The van der Waals surface area contributed by atoms with E-state index in [4.69, 9.17) is 0 Å². The molecule has 0 aliphatic heterocycles. The van der Waals surface area contributed by atoms with Gasteiger partial charge in [-0.15, -0.1) is 0 Å². The Morgan fingerprint density at radius 2 is 1.83 bits per heavy atom. The van der Waals surface area contributed by atoms with Gasteiger partial charge in [-0.05, 0) is 24.1 Å². The Bertz CT molecular complexity index is 1490. The van der Waals surface area contributed by atoms with Crippen molar-refractivity contribution in [2.45, 2.75) is 26.3 Å². The van der Waals surface area contributed by atoms with Crippen LogP contribution < -0.4 is 16.8 Å². The molecular formula is C20H20FN5O4. The topological polar surface area (TPSA) is 104 Å². The van der Waals surface area contributed by atoms with Crippen LogP contribution in [-0.4, -0.2) is 28.2 Å². The standard InChI is InChI=1S/C20H20FN5O4/c1-4-6-13-16(27)25(10-11-7-5-8-12(21)9-11)19-22-15-14(26(19)17(13)28)18(29)24(3)20(30)23(15)2/h5,7-9,28H,4,6,10H2,1-3H3. The smallest absolute Gasteiger partial charge is 0.332 e. The quantitative estimate of drug-likeness (QED) is 0.535. The summed E-state index contributed by atoms with van der Waals surface area (Å²) >= 11 is 0. The first kappa shape index (κ1) is 19.6. The molecule has 0 saturated carbocycles.